The minimum atomic E-state index is -3.87. The fourth-order valence-electron chi connectivity index (χ4n) is 1.65. The molecule has 0 aromatic heterocycles. The van der Waals surface area contributed by atoms with Crippen molar-refractivity contribution in [2.75, 3.05) is 4.72 Å². The first-order chi connectivity index (χ1) is 10.4. The minimum Gasteiger partial charge on any atom is -0.435 e. The lowest BCUT2D eigenvalue weighted by Crippen LogP contribution is -2.13. The highest BCUT2D eigenvalue weighted by atomic mass is 32.2. The van der Waals surface area contributed by atoms with Gasteiger partial charge >= 0.3 is 6.61 Å². The Morgan fingerprint density at radius 2 is 1.82 bits per heavy atom. The number of hydrogen-bond donors (Lipinski definition) is 1. The Morgan fingerprint density at radius 3 is 2.41 bits per heavy atom. The van der Waals surface area contributed by atoms with Crippen LogP contribution in [0, 0.1) is 11.3 Å². The minimum absolute atomic E-state index is 0.0699. The van der Waals surface area contributed by atoms with Gasteiger partial charge in [0.25, 0.3) is 10.0 Å². The van der Waals surface area contributed by atoms with E-state index in [1.54, 1.807) is 0 Å². The molecule has 114 valence electrons. The molecule has 0 bridgehead atoms. The molecule has 0 saturated heterocycles. The maximum Gasteiger partial charge on any atom is 0.387 e. The van der Waals surface area contributed by atoms with E-state index in [9.17, 15) is 17.2 Å². The normalized spacial score (nSPS) is 11.0. The Balaban J connectivity index is 2.20. The predicted octanol–water partition coefficient (Wildman–Crippen LogP) is 2.96. The van der Waals surface area contributed by atoms with Crippen LogP contribution in [0.15, 0.2) is 53.4 Å². The summed E-state index contributed by atoms with van der Waals surface area (Å²) in [4.78, 5) is -0.0699. The molecule has 0 fully saturated rings. The van der Waals surface area contributed by atoms with E-state index in [1.165, 1.54) is 48.5 Å². The lowest BCUT2D eigenvalue weighted by Gasteiger charge is -2.09. The van der Waals surface area contributed by atoms with Crippen molar-refractivity contribution in [2.45, 2.75) is 11.5 Å². The van der Waals surface area contributed by atoms with Gasteiger partial charge < -0.3 is 4.74 Å². The van der Waals surface area contributed by atoms with Gasteiger partial charge in [0.1, 0.15) is 5.75 Å². The Kier molecular flexibility index (Phi) is 4.58. The SMILES string of the molecule is N#Cc1cccc(S(=O)(=O)Nc2ccc(OC(F)F)cc2)c1. The second-order valence-electron chi connectivity index (χ2n) is 4.15. The average molecular weight is 324 g/mol. The second-order valence-corrected chi connectivity index (χ2v) is 5.83. The highest BCUT2D eigenvalue weighted by molar-refractivity contribution is 7.92. The topological polar surface area (TPSA) is 79.2 Å². The molecule has 22 heavy (non-hydrogen) atoms. The Labute approximate surface area is 125 Å². The van der Waals surface area contributed by atoms with E-state index in [-0.39, 0.29) is 21.9 Å². The molecule has 5 nitrogen and oxygen atoms in total. The van der Waals surface area contributed by atoms with E-state index < -0.39 is 16.6 Å². The molecule has 0 amide bonds. The van der Waals surface area contributed by atoms with E-state index in [0.29, 0.717) is 0 Å². The van der Waals surface area contributed by atoms with Crippen molar-refractivity contribution in [2.24, 2.45) is 0 Å². The second kappa shape index (κ2) is 6.41. The van der Waals surface area contributed by atoms with Gasteiger partial charge in [0, 0.05) is 5.69 Å². The predicted molar refractivity (Wildman–Crippen MR) is 75.0 cm³/mol. The quantitative estimate of drug-likeness (QED) is 0.917. The standard InChI is InChI=1S/C14H10F2N2O3S/c15-14(16)21-12-6-4-11(5-7-12)18-22(19,20)13-3-1-2-10(8-13)9-17/h1-8,14,18H. The maximum atomic E-state index is 12.2. The van der Waals surface area contributed by atoms with Gasteiger partial charge in [-0.25, -0.2) is 8.42 Å². The zero-order chi connectivity index (χ0) is 16.2. The first-order valence-corrected chi connectivity index (χ1v) is 7.47. The van der Waals surface area contributed by atoms with Crippen molar-refractivity contribution in [3.63, 3.8) is 0 Å². The number of nitriles is 1. The number of anilines is 1. The zero-order valence-corrected chi connectivity index (χ0v) is 11.8. The van der Waals surface area contributed by atoms with Crippen LogP contribution in [-0.4, -0.2) is 15.0 Å². The van der Waals surface area contributed by atoms with Gasteiger partial charge in [-0.2, -0.15) is 14.0 Å². The van der Waals surface area contributed by atoms with E-state index >= 15 is 0 Å². The van der Waals surface area contributed by atoms with Crippen molar-refractivity contribution in [3.8, 4) is 11.8 Å². The number of benzene rings is 2. The Hall–Kier alpha value is -2.66. The van der Waals surface area contributed by atoms with Gasteiger partial charge in [-0.1, -0.05) is 6.07 Å². The fourth-order valence-corrected chi connectivity index (χ4v) is 2.76. The van der Waals surface area contributed by atoms with E-state index in [4.69, 9.17) is 5.26 Å². The first kappa shape index (κ1) is 15.7. The number of rotatable bonds is 5. The van der Waals surface area contributed by atoms with Crippen LogP contribution >= 0.6 is 0 Å². The van der Waals surface area contributed by atoms with Crippen LogP contribution in [0.1, 0.15) is 5.56 Å². The van der Waals surface area contributed by atoms with Gasteiger partial charge in [0.05, 0.1) is 16.5 Å². The van der Waals surface area contributed by atoms with Crippen LogP contribution in [0.3, 0.4) is 0 Å². The van der Waals surface area contributed by atoms with Crippen LogP contribution < -0.4 is 9.46 Å². The van der Waals surface area contributed by atoms with Crippen molar-refractivity contribution < 1.29 is 21.9 Å². The number of sulfonamides is 1. The molecule has 0 unspecified atom stereocenters. The maximum absolute atomic E-state index is 12.2. The zero-order valence-electron chi connectivity index (χ0n) is 11.0. The molecule has 0 heterocycles. The van der Waals surface area contributed by atoms with Gasteiger partial charge in [0.15, 0.2) is 0 Å². The highest BCUT2D eigenvalue weighted by Crippen LogP contribution is 2.21. The molecule has 8 heteroatoms. The van der Waals surface area contributed by atoms with Gasteiger partial charge in [-0.15, -0.1) is 0 Å². The number of nitrogens with zero attached hydrogens (tertiary/aromatic N) is 1. The van der Waals surface area contributed by atoms with Gasteiger partial charge in [-0.3, -0.25) is 4.72 Å². The highest BCUT2D eigenvalue weighted by Gasteiger charge is 2.15. The first-order valence-electron chi connectivity index (χ1n) is 5.98. The lowest BCUT2D eigenvalue weighted by atomic mass is 10.2. The summed E-state index contributed by atoms with van der Waals surface area (Å²) < 4.78 is 54.8. The summed E-state index contributed by atoms with van der Waals surface area (Å²) in [5.41, 5.74) is 0.396. The number of hydrogen-bond acceptors (Lipinski definition) is 4. The van der Waals surface area contributed by atoms with Gasteiger partial charge in [-0.05, 0) is 42.5 Å². The van der Waals surface area contributed by atoms with Crippen molar-refractivity contribution >= 4 is 15.7 Å². The molecule has 2 aromatic carbocycles. The fraction of sp³-hybridized carbons (Fsp3) is 0.0714. The Morgan fingerprint density at radius 1 is 1.14 bits per heavy atom. The molecular weight excluding hydrogens is 314 g/mol. The van der Waals surface area contributed by atoms with E-state index in [2.05, 4.69) is 9.46 Å². The summed E-state index contributed by atoms with van der Waals surface area (Å²) in [5.74, 6) is -0.0792. The molecule has 2 aromatic rings. The molecule has 0 saturated carbocycles. The monoisotopic (exact) mass is 324 g/mol. The molecule has 0 spiro atoms. The summed E-state index contributed by atoms with van der Waals surface area (Å²) in [6.45, 7) is -2.95. The third kappa shape index (κ3) is 3.93. The van der Waals surface area contributed by atoms with Crippen LogP contribution in [0.4, 0.5) is 14.5 Å². The molecule has 0 atom stereocenters. The summed E-state index contributed by atoms with van der Waals surface area (Å²) >= 11 is 0. The van der Waals surface area contributed by atoms with Gasteiger partial charge in [0.2, 0.25) is 0 Å². The van der Waals surface area contributed by atoms with Crippen molar-refractivity contribution in [3.05, 3.63) is 54.1 Å². The molecule has 0 aliphatic rings. The molecular formula is C14H10F2N2O3S. The number of alkyl halides is 2. The third-order valence-corrected chi connectivity index (χ3v) is 3.98. The van der Waals surface area contributed by atoms with Crippen molar-refractivity contribution in [1.29, 1.82) is 5.26 Å². The third-order valence-electron chi connectivity index (χ3n) is 2.61. The summed E-state index contributed by atoms with van der Waals surface area (Å²) in [7, 11) is -3.87. The van der Waals surface area contributed by atoms with Crippen LogP contribution in [0.25, 0.3) is 0 Å². The molecule has 1 N–H and O–H groups in total. The van der Waals surface area contributed by atoms with Crippen LogP contribution in [0.5, 0.6) is 5.75 Å². The molecule has 2 rings (SSSR count). The Bertz CT molecular complexity index is 800. The van der Waals surface area contributed by atoms with Crippen LogP contribution in [0.2, 0.25) is 0 Å². The average Bonchev–Trinajstić information content (AvgIpc) is 2.48. The largest absolute Gasteiger partial charge is 0.435 e. The lowest BCUT2D eigenvalue weighted by molar-refractivity contribution is -0.0498. The number of halogens is 2. The summed E-state index contributed by atoms with van der Waals surface area (Å²) in [6, 6.07) is 12.4. The summed E-state index contributed by atoms with van der Waals surface area (Å²) in [5, 5.41) is 8.78. The van der Waals surface area contributed by atoms with E-state index in [1.807, 2.05) is 6.07 Å². The van der Waals surface area contributed by atoms with Crippen LogP contribution in [-0.2, 0) is 10.0 Å². The summed E-state index contributed by atoms with van der Waals surface area (Å²) in [6.07, 6.45) is 0. The smallest absolute Gasteiger partial charge is 0.387 e. The molecule has 0 aliphatic heterocycles. The number of nitrogens with one attached hydrogen (secondary N) is 1. The van der Waals surface area contributed by atoms with E-state index in [0.717, 1.165) is 0 Å². The molecule has 0 aliphatic carbocycles. The van der Waals surface area contributed by atoms with Crippen molar-refractivity contribution in [1.82, 2.24) is 0 Å². The molecule has 0 radical (unpaired) electrons. The number of ether oxygens (including phenoxy) is 1.